The Balaban J connectivity index is 1.70. The molecule has 1 amide bonds. The Morgan fingerprint density at radius 1 is 1.15 bits per heavy atom. The van der Waals surface area contributed by atoms with Gasteiger partial charge in [-0.05, 0) is 72.1 Å². The van der Waals surface area contributed by atoms with Crippen LogP contribution in [0.2, 0.25) is 0 Å². The van der Waals surface area contributed by atoms with E-state index in [0.717, 1.165) is 47.0 Å². The van der Waals surface area contributed by atoms with Crippen LogP contribution in [-0.2, 0) is 6.54 Å². The van der Waals surface area contributed by atoms with Crippen LogP contribution in [0.15, 0.2) is 42.6 Å². The van der Waals surface area contributed by atoms with Gasteiger partial charge in [0.05, 0.1) is 11.1 Å². The third kappa shape index (κ3) is 5.27. The second kappa shape index (κ2) is 9.50. The molecular weight excluding hydrogens is 434 g/mol. The van der Waals surface area contributed by atoms with E-state index < -0.39 is 16.5 Å². The number of H-pyrrole nitrogens is 1. The Morgan fingerprint density at radius 3 is 2.55 bits per heavy atom. The fraction of sp³-hybridized carbons (Fsp3) is 0.423. The van der Waals surface area contributed by atoms with E-state index in [-0.39, 0.29) is 5.92 Å². The third-order valence-corrected chi connectivity index (χ3v) is 8.78. The maximum atomic E-state index is 12.3. The van der Waals surface area contributed by atoms with Crippen LogP contribution < -0.4 is 11.1 Å². The summed E-state index contributed by atoms with van der Waals surface area (Å²) < 4.78 is 20.0. The number of benzene rings is 2. The average Bonchev–Trinajstić information content (AvgIpc) is 3.20. The molecular formula is C26H35N3O3S. The van der Waals surface area contributed by atoms with Crippen LogP contribution in [0.5, 0.6) is 0 Å². The van der Waals surface area contributed by atoms with Crippen LogP contribution in [0.1, 0.15) is 61.0 Å². The van der Waals surface area contributed by atoms with Gasteiger partial charge in [0.15, 0.2) is 0 Å². The summed E-state index contributed by atoms with van der Waals surface area (Å²) in [6.07, 6.45) is 3.40. The molecule has 0 radical (unpaired) electrons. The standard InChI is InChI=1S/C26H35N3O3S/c1-16(2)17(3)28-14-18-5-4-6-20(11-18)21-12-22-24(19-7-9-33(31,32)10-8-19)15-29-25(22)23(13-21)26(27)30/h4-6,11-13,15-17,19,28-29,31-32H,7-10,14H2,1-3H3,(H2,27,30)/t17-/m0/s1. The van der Waals surface area contributed by atoms with Crippen LogP contribution in [-0.4, -0.2) is 37.5 Å². The second-order valence-electron chi connectivity index (χ2n) is 9.65. The molecule has 7 heteroatoms. The number of nitrogens with one attached hydrogen (secondary N) is 2. The smallest absolute Gasteiger partial charge is 0.250 e. The molecule has 1 aliphatic heterocycles. The van der Waals surface area contributed by atoms with Crippen molar-refractivity contribution in [3.63, 3.8) is 0 Å². The summed E-state index contributed by atoms with van der Waals surface area (Å²) in [5.74, 6) is 1.18. The molecule has 3 aromatic rings. The lowest BCUT2D eigenvalue weighted by Gasteiger charge is -2.39. The number of carbonyl (C=O) groups excluding carboxylic acids is 1. The van der Waals surface area contributed by atoms with Gasteiger partial charge in [-0.25, -0.2) is 0 Å². The Morgan fingerprint density at radius 2 is 1.88 bits per heavy atom. The lowest BCUT2D eigenvalue weighted by molar-refractivity contribution is 0.100. The van der Waals surface area contributed by atoms with Gasteiger partial charge < -0.3 is 16.0 Å². The van der Waals surface area contributed by atoms with Gasteiger partial charge in [-0.15, -0.1) is 0 Å². The van der Waals surface area contributed by atoms with E-state index in [0.29, 0.717) is 29.0 Å². The van der Waals surface area contributed by atoms with Gasteiger partial charge in [-0.1, -0.05) is 32.0 Å². The van der Waals surface area contributed by atoms with Crippen molar-refractivity contribution in [3.05, 3.63) is 59.3 Å². The summed E-state index contributed by atoms with van der Waals surface area (Å²) in [6, 6.07) is 12.8. The third-order valence-electron chi connectivity index (χ3n) is 7.00. The number of carbonyl (C=O) groups is 1. The molecule has 0 saturated carbocycles. The molecule has 1 aliphatic rings. The first-order valence-corrected chi connectivity index (χ1v) is 13.5. The van der Waals surface area contributed by atoms with E-state index in [1.165, 1.54) is 5.56 Å². The second-order valence-corrected chi connectivity index (χ2v) is 12.1. The highest BCUT2D eigenvalue weighted by molar-refractivity contribution is 8.24. The first-order valence-electron chi connectivity index (χ1n) is 11.7. The van der Waals surface area contributed by atoms with Crippen molar-refractivity contribution in [2.75, 3.05) is 11.5 Å². The largest absolute Gasteiger partial charge is 0.366 e. The number of fused-ring (bicyclic) bond motifs is 1. The SMILES string of the molecule is CC(C)[C@H](C)NCc1cccc(-c2cc(C(N)=O)c3[nH]cc(C4CCS(O)(O)CC4)c3c2)c1. The fourth-order valence-corrected chi connectivity index (χ4v) is 6.07. The molecule has 4 rings (SSSR count). The van der Waals surface area contributed by atoms with Crippen LogP contribution in [0.4, 0.5) is 0 Å². The summed E-state index contributed by atoms with van der Waals surface area (Å²) in [5, 5.41) is 4.56. The summed E-state index contributed by atoms with van der Waals surface area (Å²) in [5.41, 5.74) is 11.3. The predicted octanol–water partition coefficient (Wildman–Crippen LogP) is 5.70. The highest BCUT2D eigenvalue weighted by Gasteiger charge is 2.27. The Kier molecular flexibility index (Phi) is 6.86. The van der Waals surface area contributed by atoms with Crippen molar-refractivity contribution in [2.24, 2.45) is 11.7 Å². The number of aromatic nitrogens is 1. The van der Waals surface area contributed by atoms with Gasteiger partial charge in [0, 0.05) is 35.7 Å². The van der Waals surface area contributed by atoms with Crippen molar-refractivity contribution in [1.82, 2.24) is 10.3 Å². The van der Waals surface area contributed by atoms with Gasteiger partial charge >= 0.3 is 0 Å². The van der Waals surface area contributed by atoms with Gasteiger partial charge in [0.2, 0.25) is 0 Å². The lowest BCUT2D eigenvalue weighted by Crippen LogP contribution is -2.30. The minimum atomic E-state index is -2.45. The van der Waals surface area contributed by atoms with Crippen molar-refractivity contribution in [2.45, 2.75) is 52.1 Å². The molecule has 0 unspecified atom stereocenters. The van der Waals surface area contributed by atoms with Gasteiger partial charge in [0.25, 0.3) is 5.91 Å². The van der Waals surface area contributed by atoms with E-state index in [2.05, 4.69) is 55.3 Å². The van der Waals surface area contributed by atoms with Crippen molar-refractivity contribution in [3.8, 4) is 11.1 Å². The van der Waals surface area contributed by atoms with Crippen LogP contribution in [0.3, 0.4) is 0 Å². The van der Waals surface area contributed by atoms with E-state index in [1.807, 2.05) is 18.3 Å². The van der Waals surface area contributed by atoms with Crippen LogP contribution >= 0.6 is 10.6 Å². The predicted molar refractivity (Wildman–Crippen MR) is 138 cm³/mol. The highest BCUT2D eigenvalue weighted by atomic mass is 32.3. The Labute approximate surface area is 197 Å². The molecule has 1 atom stereocenters. The van der Waals surface area contributed by atoms with E-state index in [9.17, 15) is 13.9 Å². The molecule has 33 heavy (non-hydrogen) atoms. The number of rotatable bonds is 7. The molecule has 1 saturated heterocycles. The summed E-state index contributed by atoms with van der Waals surface area (Å²) >= 11 is 0. The van der Waals surface area contributed by atoms with Gasteiger partial charge in [-0.3, -0.25) is 13.9 Å². The molecule has 6 N–H and O–H groups in total. The molecule has 2 aromatic carbocycles. The summed E-state index contributed by atoms with van der Waals surface area (Å²) in [7, 11) is -2.45. The normalized spacial score (nSPS) is 18.5. The van der Waals surface area contributed by atoms with Gasteiger partial charge in [-0.2, -0.15) is 10.6 Å². The quantitative estimate of drug-likeness (QED) is 0.306. The topological polar surface area (TPSA) is 111 Å². The summed E-state index contributed by atoms with van der Waals surface area (Å²) in [6.45, 7) is 7.39. The number of primary amides is 1. The van der Waals surface area contributed by atoms with E-state index >= 15 is 0 Å². The Bertz CT molecular complexity index is 1140. The molecule has 0 aliphatic carbocycles. The minimum Gasteiger partial charge on any atom is -0.366 e. The van der Waals surface area contributed by atoms with Crippen molar-refractivity contribution >= 4 is 27.4 Å². The zero-order valence-electron chi connectivity index (χ0n) is 19.6. The first-order chi connectivity index (χ1) is 15.6. The maximum Gasteiger partial charge on any atom is 0.250 e. The zero-order chi connectivity index (χ0) is 23.8. The monoisotopic (exact) mass is 469 g/mol. The van der Waals surface area contributed by atoms with Crippen molar-refractivity contribution < 1.29 is 13.9 Å². The number of amides is 1. The first kappa shape index (κ1) is 23.8. The van der Waals surface area contributed by atoms with Crippen LogP contribution in [0, 0.1) is 5.92 Å². The maximum absolute atomic E-state index is 12.3. The number of hydrogen-bond donors (Lipinski definition) is 5. The number of aromatic amines is 1. The molecule has 1 fully saturated rings. The van der Waals surface area contributed by atoms with Crippen LogP contribution in [0.25, 0.3) is 22.0 Å². The van der Waals surface area contributed by atoms with E-state index in [1.54, 1.807) is 0 Å². The summed E-state index contributed by atoms with van der Waals surface area (Å²) in [4.78, 5) is 15.6. The molecule has 6 nitrogen and oxygen atoms in total. The van der Waals surface area contributed by atoms with Gasteiger partial charge in [0.1, 0.15) is 0 Å². The molecule has 0 bridgehead atoms. The van der Waals surface area contributed by atoms with E-state index in [4.69, 9.17) is 5.73 Å². The Hall–Kier alpha value is -2.32. The molecule has 178 valence electrons. The minimum absolute atomic E-state index is 0.225. The molecule has 1 aromatic heterocycles. The zero-order valence-corrected chi connectivity index (χ0v) is 20.4. The van der Waals surface area contributed by atoms with Crippen molar-refractivity contribution in [1.29, 1.82) is 0 Å². The average molecular weight is 470 g/mol. The lowest BCUT2D eigenvalue weighted by atomic mass is 9.90. The number of nitrogens with two attached hydrogens (primary N) is 1. The number of hydrogen-bond acceptors (Lipinski definition) is 4. The fourth-order valence-electron chi connectivity index (χ4n) is 4.55. The highest BCUT2D eigenvalue weighted by Crippen LogP contribution is 2.49. The molecule has 2 heterocycles. The molecule has 0 spiro atoms.